The number of pyridine rings is 1. The van der Waals surface area contributed by atoms with Gasteiger partial charge in [-0.25, -0.2) is 4.98 Å². The summed E-state index contributed by atoms with van der Waals surface area (Å²) in [5, 5.41) is 3.71. The number of aromatic nitrogens is 2. The summed E-state index contributed by atoms with van der Waals surface area (Å²) in [4.78, 5) is 4.95. The van der Waals surface area contributed by atoms with Crippen molar-refractivity contribution < 1.29 is 17.3 Å². The molecule has 2 aromatic heterocycles. The fourth-order valence-electron chi connectivity index (χ4n) is 4.64. The van der Waals surface area contributed by atoms with Crippen LogP contribution in [-0.2, 0) is 10.1 Å². The molecule has 7 nitrogen and oxygen atoms in total. The van der Waals surface area contributed by atoms with Crippen LogP contribution in [0.25, 0.3) is 16.9 Å². The van der Waals surface area contributed by atoms with Gasteiger partial charge in [0.05, 0.1) is 7.11 Å². The van der Waals surface area contributed by atoms with Crippen LogP contribution in [0.3, 0.4) is 0 Å². The molecular weight excluding hydrogens is 474 g/mol. The minimum Gasteiger partial charge on any atom is -0.493 e. The lowest BCUT2D eigenvalue weighted by atomic mass is 9.82. The van der Waals surface area contributed by atoms with Crippen molar-refractivity contribution in [1.82, 2.24) is 9.38 Å². The third-order valence-corrected chi connectivity index (χ3v) is 6.88. The van der Waals surface area contributed by atoms with E-state index in [2.05, 4.69) is 39.9 Å². The summed E-state index contributed by atoms with van der Waals surface area (Å²) in [5.74, 6) is 1.26. The zero-order valence-corrected chi connectivity index (χ0v) is 22.4. The number of hydrogen-bond donors (Lipinski definition) is 1. The number of imidazole rings is 1. The summed E-state index contributed by atoms with van der Waals surface area (Å²) in [6.07, 6.45) is 2.91. The normalized spacial score (nSPS) is 12.5. The average Bonchev–Trinajstić information content (AvgIpc) is 3.16. The minimum absolute atomic E-state index is 0.0732. The SMILES string of the molecule is COc1cc(-c2nc3ccccn3c2NC(C)(C)CC(C)(C)C)ccc1OS(=O)(=O)c1ccccc1. The maximum Gasteiger partial charge on any atom is 0.339 e. The molecule has 1 N–H and O–H groups in total. The number of benzene rings is 2. The molecule has 190 valence electrons. The lowest BCUT2D eigenvalue weighted by Crippen LogP contribution is -2.36. The number of anilines is 1. The first-order valence-corrected chi connectivity index (χ1v) is 13.2. The highest BCUT2D eigenvalue weighted by Crippen LogP contribution is 2.39. The molecule has 0 aliphatic heterocycles. The minimum atomic E-state index is -4.01. The van der Waals surface area contributed by atoms with Gasteiger partial charge in [-0.05, 0) is 68.1 Å². The average molecular weight is 508 g/mol. The van der Waals surface area contributed by atoms with Crippen LogP contribution in [0, 0.1) is 5.41 Å². The van der Waals surface area contributed by atoms with E-state index in [0.717, 1.165) is 29.1 Å². The second-order valence-electron chi connectivity index (χ2n) is 10.7. The molecule has 2 aromatic carbocycles. The number of ether oxygens (including phenoxy) is 1. The predicted molar refractivity (Wildman–Crippen MR) is 143 cm³/mol. The molecule has 8 heteroatoms. The maximum atomic E-state index is 12.8. The van der Waals surface area contributed by atoms with Crippen molar-refractivity contribution in [2.45, 2.75) is 51.5 Å². The number of nitrogens with zero attached hydrogens (tertiary/aromatic N) is 2. The quantitative estimate of drug-likeness (QED) is 0.278. The van der Waals surface area contributed by atoms with Gasteiger partial charge in [0.1, 0.15) is 22.1 Å². The van der Waals surface area contributed by atoms with E-state index in [1.807, 2.05) is 28.8 Å². The Bertz CT molecular complexity index is 1470. The van der Waals surface area contributed by atoms with E-state index >= 15 is 0 Å². The van der Waals surface area contributed by atoms with E-state index in [1.165, 1.54) is 19.2 Å². The lowest BCUT2D eigenvalue weighted by molar-refractivity contribution is 0.302. The first kappa shape index (κ1) is 25.6. The van der Waals surface area contributed by atoms with E-state index < -0.39 is 10.1 Å². The van der Waals surface area contributed by atoms with Crippen molar-refractivity contribution >= 4 is 21.6 Å². The Kier molecular flexibility index (Phi) is 6.75. The number of nitrogens with one attached hydrogen (secondary N) is 1. The van der Waals surface area contributed by atoms with Crippen molar-refractivity contribution in [2.75, 3.05) is 12.4 Å². The van der Waals surface area contributed by atoms with E-state index in [1.54, 1.807) is 36.4 Å². The number of hydrogen-bond acceptors (Lipinski definition) is 6. The largest absolute Gasteiger partial charge is 0.493 e. The summed E-state index contributed by atoms with van der Waals surface area (Å²) < 4.78 is 38.5. The number of fused-ring (bicyclic) bond motifs is 1. The maximum absolute atomic E-state index is 12.8. The zero-order valence-electron chi connectivity index (χ0n) is 21.6. The molecule has 0 radical (unpaired) electrons. The molecule has 0 atom stereocenters. The molecule has 2 heterocycles. The Morgan fingerprint density at radius 2 is 1.61 bits per heavy atom. The molecule has 0 fully saturated rings. The summed E-state index contributed by atoms with van der Waals surface area (Å²) in [7, 11) is -2.52. The predicted octanol–water partition coefficient (Wildman–Crippen LogP) is 6.40. The molecule has 0 unspecified atom stereocenters. The third-order valence-electron chi connectivity index (χ3n) is 5.63. The van der Waals surface area contributed by atoms with Gasteiger partial charge in [-0.3, -0.25) is 4.40 Å². The van der Waals surface area contributed by atoms with E-state index in [0.29, 0.717) is 5.75 Å². The molecular formula is C28H33N3O4S. The van der Waals surface area contributed by atoms with Crippen LogP contribution in [-0.4, -0.2) is 30.5 Å². The summed E-state index contributed by atoms with van der Waals surface area (Å²) >= 11 is 0. The number of methoxy groups -OCH3 is 1. The highest BCUT2D eigenvalue weighted by atomic mass is 32.2. The third kappa shape index (κ3) is 5.65. The Morgan fingerprint density at radius 3 is 2.28 bits per heavy atom. The van der Waals surface area contributed by atoms with Crippen LogP contribution in [0.4, 0.5) is 5.82 Å². The van der Waals surface area contributed by atoms with Gasteiger partial charge in [-0.2, -0.15) is 8.42 Å². The summed E-state index contributed by atoms with van der Waals surface area (Å²) in [6, 6.07) is 19.0. The van der Waals surface area contributed by atoms with Crippen LogP contribution < -0.4 is 14.2 Å². The molecule has 0 aliphatic rings. The topological polar surface area (TPSA) is 81.9 Å². The van der Waals surface area contributed by atoms with Gasteiger partial charge in [-0.15, -0.1) is 0 Å². The second kappa shape index (κ2) is 9.50. The smallest absolute Gasteiger partial charge is 0.339 e. The Morgan fingerprint density at radius 1 is 0.917 bits per heavy atom. The molecule has 0 saturated carbocycles. The van der Waals surface area contributed by atoms with Crippen molar-refractivity contribution in [2.24, 2.45) is 5.41 Å². The highest BCUT2D eigenvalue weighted by molar-refractivity contribution is 7.87. The van der Waals surface area contributed by atoms with Crippen molar-refractivity contribution in [3.8, 4) is 22.8 Å². The standard InChI is InChI=1S/C28H33N3O4S/c1-27(2,3)19-28(4,5)30-26-25(29-24-14-10-11-17-31(24)26)20-15-16-22(23(18-20)34-6)35-36(32,33)21-12-8-7-9-13-21/h7-18,30H,19H2,1-6H3. The molecule has 4 rings (SSSR count). The lowest BCUT2D eigenvalue weighted by Gasteiger charge is -2.34. The molecule has 0 spiro atoms. The molecule has 4 aromatic rings. The molecule has 0 saturated heterocycles. The summed E-state index contributed by atoms with van der Waals surface area (Å²) in [5.41, 5.74) is 2.22. The van der Waals surface area contributed by atoms with Gasteiger partial charge in [0.15, 0.2) is 11.5 Å². The summed E-state index contributed by atoms with van der Waals surface area (Å²) in [6.45, 7) is 11.0. The van der Waals surface area contributed by atoms with Crippen LogP contribution in [0.1, 0.15) is 41.0 Å². The van der Waals surface area contributed by atoms with Crippen molar-refractivity contribution in [1.29, 1.82) is 0 Å². The van der Waals surface area contributed by atoms with Gasteiger partial charge in [-0.1, -0.05) is 45.0 Å². The van der Waals surface area contributed by atoms with Crippen molar-refractivity contribution in [3.63, 3.8) is 0 Å². The Labute approximate surface area is 213 Å². The molecule has 0 bridgehead atoms. The fourth-order valence-corrected chi connectivity index (χ4v) is 5.61. The second-order valence-corrected chi connectivity index (χ2v) is 12.2. The number of rotatable bonds is 8. The van der Waals surface area contributed by atoms with Gasteiger partial charge in [0.2, 0.25) is 0 Å². The van der Waals surface area contributed by atoms with Gasteiger partial charge in [0, 0.05) is 17.3 Å². The van der Waals surface area contributed by atoms with Crippen molar-refractivity contribution in [3.05, 3.63) is 72.9 Å². The van der Waals surface area contributed by atoms with Crippen LogP contribution in [0.2, 0.25) is 0 Å². The highest BCUT2D eigenvalue weighted by Gasteiger charge is 2.28. The Balaban J connectivity index is 1.75. The van der Waals surface area contributed by atoms with Crippen LogP contribution in [0.15, 0.2) is 77.8 Å². The van der Waals surface area contributed by atoms with Gasteiger partial charge in [0.25, 0.3) is 0 Å². The molecule has 36 heavy (non-hydrogen) atoms. The van der Waals surface area contributed by atoms with E-state index in [9.17, 15) is 8.42 Å². The van der Waals surface area contributed by atoms with E-state index in [-0.39, 0.29) is 21.6 Å². The molecule has 0 aliphatic carbocycles. The van der Waals surface area contributed by atoms with Crippen LogP contribution in [0.5, 0.6) is 11.5 Å². The zero-order chi connectivity index (χ0) is 26.1. The van der Waals surface area contributed by atoms with E-state index in [4.69, 9.17) is 13.9 Å². The van der Waals surface area contributed by atoms with Gasteiger partial charge < -0.3 is 14.2 Å². The fraction of sp³-hybridized carbons (Fsp3) is 0.321. The Hall–Kier alpha value is -3.52. The monoisotopic (exact) mass is 507 g/mol. The first-order chi connectivity index (χ1) is 16.9. The van der Waals surface area contributed by atoms with Crippen LogP contribution >= 0.6 is 0 Å². The van der Waals surface area contributed by atoms with Gasteiger partial charge >= 0.3 is 10.1 Å². The first-order valence-electron chi connectivity index (χ1n) is 11.8. The molecule has 0 amide bonds.